The molecule has 11 nitrogen and oxygen atoms in total. The van der Waals surface area contributed by atoms with E-state index in [0.717, 1.165) is 17.5 Å². The maximum Gasteiger partial charge on any atom is 0.255 e. The van der Waals surface area contributed by atoms with Crippen molar-refractivity contribution in [3.05, 3.63) is 64.2 Å². The van der Waals surface area contributed by atoms with Crippen molar-refractivity contribution >= 4 is 23.2 Å². The summed E-state index contributed by atoms with van der Waals surface area (Å²) in [5.74, 6) is -4.56. The Balaban J connectivity index is 1.82. The summed E-state index contributed by atoms with van der Waals surface area (Å²) in [4.78, 5) is 46.0. The molecule has 0 aliphatic heterocycles. The van der Waals surface area contributed by atoms with E-state index in [2.05, 4.69) is 4.98 Å². The molecule has 0 saturated heterocycles. The zero-order valence-electron chi connectivity index (χ0n) is 22.8. The van der Waals surface area contributed by atoms with E-state index in [0.29, 0.717) is 11.1 Å². The van der Waals surface area contributed by atoms with Crippen LogP contribution in [0.1, 0.15) is 37.0 Å². The summed E-state index contributed by atoms with van der Waals surface area (Å²) in [5.41, 5.74) is 15.9. The molecule has 0 unspecified atom stereocenters. The molecular weight excluding hydrogens is 514 g/mol. The number of primary amides is 1. The number of carbonyl (C=O) groups is 3. The minimum atomic E-state index is -2.05. The number of nitrogens with zero attached hydrogens (tertiary/aromatic N) is 2. The van der Waals surface area contributed by atoms with E-state index in [1.165, 1.54) is 17.9 Å². The van der Waals surface area contributed by atoms with Gasteiger partial charge in [-0.15, -0.1) is 0 Å². The fraction of sp³-hybridized carbons (Fsp3) is 0.379. The molecule has 5 rings (SSSR count). The highest BCUT2D eigenvalue weighted by Crippen LogP contribution is 2.58. The molecule has 9 N–H and O–H groups in total. The summed E-state index contributed by atoms with van der Waals surface area (Å²) in [6.45, 7) is 3.32. The standard InChI is InChI=1S/C29H33N5O6/c1-5-13-8-14(11-33-10-13)15-6-7-17(35)18-16(15)9-28(31)12-29(32)23(34(3)4)22(37)19(26(30)40)24(38)27(29,2)25(39)20(28)21(18)36/h6-8,10-11,23,35-36,38H,5,9,12,31-32H2,1-4H3,(H2,30,40)/t23-,27+,28-,29-/m1/s1. The molecular formula is C29H33N5O6. The van der Waals surface area contributed by atoms with E-state index >= 15 is 0 Å². The molecule has 3 aliphatic rings. The minimum absolute atomic E-state index is 0.0237. The lowest BCUT2D eigenvalue weighted by Gasteiger charge is -2.60. The third-order valence-electron chi connectivity index (χ3n) is 8.94. The Hall–Kier alpha value is -4.06. The summed E-state index contributed by atoms with van der Waals surface area (Å²) in [6, 6.07) is 3.81. The molecule has 0 spiro atoms. The zero-order valence-corrected chi connectivity index (χ0v) is 22.8. The number of hydrogen-bond donors (Lipinski definition) is 6. The van der Waals surface area contributed by atoms with Crippen LogP contribution in [-0.4, -0.2) is 73.9 Å². The van der Waals surface area contributed by atoms with Gasteiger partial charge in [-0.1, -0.05) is 13.0 Å². The molecule has 1 saturated carbocycles. The maximum atomic E-state index is 14.4. The number of aliphatic hydroxyl groups is 2. The molecule has 3 aliphatic carbocycles. The molecule has 40 heavy (non-hydrogen) atoms. The number of Topliss-reactive ketones (excluding diaryl/α,β-unsaturated/α-hetero) is 2. The van der Waals surface area contributed by atoms with Crippen molar-refractivity contribution in [1.29, 1.82) is 0 Å². The molecule has 0 bridgehead atoms. The number of rotatable bonds is 4. The average Bonchev–Trinajstić information content (AvgIpc) is 2.86. The summed E-state index contributed by atoms with van der Waals surface area (Å²) < 4.78 is 0. The molecule has 210 valence electrons. The second-order valence-electron chi connectivity index (χ2n) is 11.5. The Morgan fingerprint density at radius 2 is 1.82 bits per heavy atom. The number of benzene rings is 1. The predicted molar refractivity (Wildman–Crippen MR) is 147 cm³/mol. The highest BCUT2D eigenvalue weighted by atomic mass is 16.3. The smallest absolute Gasteiger partial charge is 0.255 e. The number of hydrogen-bond acceptors (Lipinski definition) is 10. The number of aliphatic hydroxyl groups excluding tert-OH is 2. The molecule has 1 heterocycles. The Labute approximate surface area is 231 Å². The van der Waals surface area contributed by atoms with E-state index < -0.39 is 57.1 Å². The van der Waals surface area contributed by atoms with Gasteiger partial charge in [-0.25, -0.2) is 0 Å². The number of aromatic hydroxyl groups is 1. The predicted octanol–water partition coefficient (Wildman–Crippen LogP) is 1.03. The van der Waals surface area contributed by atoms with Crippen LogP contribution in [0.25, 0.3) is 16.9 Å². The van der Waals surface area contributed by atoms with Crippen LogP contribution in [-0.2, 0) is 27.2 Å². The van der Waals surface area contributed by atoms with Crippen LogP contribution in [0.2, 0.25) is 0 Å². The lowest BCUT2D eigenvalue weighted by molar-refractivity contribution is -0.142. The van der Waals surface area contributed by atoms with Crippen LogP contribution in [0.4, 0.5) is 0 Å². The number of aromatic nitrogens is 1. The van der Waals surface area contributed by atoms with Crippen molar-refractivity contribution in [2.75, 3.05) is 14.1 Å². The fourth-order valence-electron chi connectivity index (χ4n) is 6.96. The third kappa shape index (κ3) is 3.34. The van der Waals surface area contributed by atoms with Crippen molar-refractivity contribution in [3.63, 3.8) is 0 Å². The van der Waals surface area contributed by atoms with Crippen molar-refractivity contribution in [3.8, 4) is 16.9 Å². The average molecular weight is 548 g/mol. The van der Waals surface area contributed by atoms with Gasteiger partial charge in [0.2, 0.25) is 0 Å². The first kappa shape index (κ1) is 27.5. The van der Waals surface area contributed by atoms with Gasteiger partial charge in [0.05, 0.1) is 28.3 Å². The van der Waals surface area contributed by atoms with Crippen LogP contribution in [0.15, 0.2) is 47.5 Å². The monoisotopic (exact) mass is 547 g/mol. The van der Waals surface area contributed by atoms with Crippen molar-refractivity contribution < 1.29 is 29.7 Å². The first-order valence-corrected chi connectivity index (χ1v) is 12.9. The number of phenols is 1. The van der Waals surface area contributed by atoms with Gasteiger partial charge in [0, 0.05) is 18.0 Å². The molecule has 4 atom stereocenters. The highest BCUT2D eigenvalue weighted by molar-refractivity contribution is 6.25. The largest absolute Gasteiger partial charge is 0.510 e. The number of ketones is 2. The molecule has 1 fully saturated rings. The van der Waals surface area contributed by atoms with Crippen LogP contribution < -0.4 is 17.2 Å². The SMILES string of the molecule is CCc1cncc(-c2ccc(O)c3c2C[C@@]2(N)C[C@@]4(N)[C@H](N(C)C)C(=O)C(C(N)=O)=C(O)[C@@]4(C)C(=O)C2=C3O)c1. The van der Waals surface area contributed by atoms with Crippen molar-refractivity contribution in [2.24, 2.45) is 22.6 Å². The topological polar surface area (TPSA) is 206 Å². The number of aryl methyl sites for hydroxylation is 1. The van der Waals surface area contributed by atoms with Crippen LogP contribution in [0.5, 0.6) is 5.75 Å². The maximum absolute atomic E-state index is 14.4. The first-order valence-electron chi connectivity index (χ1n) is 12.9. The second kappa shape index (κ2) is 8.72. The zero-order chi connectivity index (χ0) is 29.5. The third-order valence-corrected chi connectivity index (χ3v) is 8.94. The van der Waals surface area contributed by atoms with Crippen LogP contribution >= 0.6 is 0 Å². The van der Waals surface area contributed by atoms with E-state index in [9.17, 15) is 29.7 Å². The normalized spacial score (nSPS) is 29.8. The van der Waals surface area contributed by atoms with Gasteiger partial charge < -0.3 is 32.5 Å². The number of phenolic OH excluding ortho intramolecular Hbond substituents is 1. The first-order chi connectivity index (χ1) is 18.6. The summed E-state index contributed by atoms with van der Waals surface area (Å²) in [7, 11) is 3.13. The van der Waals surface area contributed by atoms with Crippen molar-refractivity contribution in [1.82, 2.24) is 9.88 Å². The lowest BCUT2D eigenvalue weighted by Crippen LogP contribution is -2.79. The van der Waals surface area contributed by atoms with E-state index in [-0.39, 0.29) is 29.7 Å². The highest BCUT2D eigenvalue weighted by Gasteiger charge is 2.71. The van der Waals surface area contributed by atoms with Crippen LogP contribution in [0.3, 0.4) is 0 Å². The number of carbonyl (C=O) groups excluding carboxylic acids is 3. The van der Waals surface area contributed by atoms with Gasteiger partial charge in [-0.3, -0.25) is 24.3 Å². The van der Waals surface area contributed by atoms with Gasteiger partial charge in [-0.05, 0) is 69.1 Å². The lowest BCUT2D eigenvalue weighted by atomic mass is 9.47. The van der Waals surface area contributed by atoms with Crippen LogP contribution in [0, 0.1) is 5.41 Å². The van der Waals surface area contributed by atoms with Gasteiger partial charge in [0.25, 0.3) is 5.91 Å². The number of fused-ring (bicyclic) bond motifs is 3. The Morgan fingerprint density at radius 3 is 2.42 bits per heavy atom. The Kier molecular flexibility index (Phi) is 6.00. The van der Waals surface area contributed by atoms with Gasteiger partial charge >= 0.3 is 0 Å². The van der Waals surface area contributed by atoms with E-state index in [1.54, 1.807) is 32.6 Å². The molecule has 1 aromatic heterocycles. The number of likely N-dealkylation sites (N-methyl/N-ethyl adjacent to an activating group) is 1. The van der Waals surface area contributed by atoms with Gasteiger partial charge in [0.1, 0.15) is 28.3 Å². The molecule has 0 radical (unpaired) electrons. The van der Waals surface area contributed by atoms with E-state index in [4.69, 9.17) is 17.2 Å². The number of amides is 1. The Bertz CT molecular complexity index is 1580. The van der Waals surface area contributed by atoms with Gasteiger partial charge in [-0.2, -0.15) is 0 Å². The van der Waals surface area contributed by atoms with E-state index in [1.807, 2.05) is 13.0 Å². The second-order valence-corrected chi connectivity index (χ2v) is 11.5. The minimum Gasteiger partial charge on any atom is -0.510 e. The molecule has 1 amide bonds. The van der Waals surface area contributed by atoms with Crippen molar-refractivity contribution in [2.45, 2.75) is 50.2 Å². The molecule has 11 heteroatoms. The molecule has 1 aromatic carbocycles. The summed E-state index contributed by atoms with van der Waals surface area (Å²) >= 11 is 0. The summed E-state index contributed by atoms with van der Waals surface area (Å²) in [5, 5.41) is 33.8. The summed E-state index contributed by atoms with van der Waals surface area (Å²) in [6.07, 6.45) is 3.90. The number of nitrogens with two attached hydrogens (primary N) is 3. The Morgan fingerprint density at radius 1 is 1.15 bits per heavy atom. The fourth-order valence-corrected chi connectivity index (χ4v) is 6.96. The number of pyridine rings is 1. The van der Waals surface area contributed by atoms with Gasteiger partial charge in [0.15, 0.2) is 11.6 Å². The molecule has 2 aromatic rings. The quantitative estimate of drug-likeness (QED) is 0.300.